The van der Waals surface area contributed by atoms with Crippen molar-refractivity contribution < 1.29 is 0 Å². The molecule has 0 amide bonds. The van der Waals surface area contributed by atoms with Crippen molar-refractivity contribution in [1.29, 1.82) is 0 Å². The summed E-state index contributed by atoms with van der Waals surface area (Å²) < 4.78 is 1.96. The van der Waals surface area contributed by atoms with Crippen LogP contribution in [0.1, 0.15) is 24.8 Å². The minimum Gasteiger partial charge on any atom is -0.305 e. The van der Waals surface area contributed by atoms with E-state index in [0.29, 0.717) is 12.1 Å². The lowest BCUT2D eigenvalue weighted by Crippen LogP contribution is -2.32. The molecule has 1 N–H and O–H groups in total. The molecule has 2 aromatic rings. The average molecular weight is 235 g/mol. The molecule has 0 saturated carbocycles. The van der Waals surface area contributed by atoms with Crippen LogP contribution in [0.2, 0.25) is 0 Å². The summed E-state index contributed by atoms with van der Waals surface area (Å²) in [4.78, 5) is 1.38. The third kappa shape index (κ3) is 2.93. The molecular formula is C12H17N3S. The van der Waals surface area contributed by atoms with Crippen molar-refractivity contribution in [3.8, 4) is 0 Å². The van der Waals surface area contributed by atoms with Gasteiger partial charge >= 0.3 is 0 Å². The van der Waals surface area contributed by atoms with Gasteiger partial charge in [0.05, 0.1) is 6.54 Å². The van der Waals surface area contributed by atoms with E-state index in [1.165, 1.54) is 4.88 Å². The maximum Gasteiger partial charge on any atom is 0.0560 e. The van der Waals surface area contributed by atoms with E-state index in [9.17, 15) is 0 Å². The van der Waals surface area contributed by atoms with Gasteiger partial charge in [0.2, 0.25) is 0 Å². The molecule has 4 heteroatoms. The molecule has 16 heavy (non-hydrogen) atoms. The second-order valence-electron chi connectivity index (χ2n) is 4.03. The van der Waals surface area contributed by atoms with Gasteiger partial charge in [0.15, 0.2) is 0 Å². The van der Waals surface area contributed by atoms with Crippen molar-refractivity contribution in [3.05, 3.63) is 40.8 Å². The number of hydrogen-bond acceptors (Lipinski definition) is 3. The molecule has 0 radical (unpaired) electrons. The minimum atomic E-state index is 0.408. The highest BCUT2D eigenvalue weighted by molar-refractivity contribution is 7.10. The molecule has 0 aliphatic carbocycles. The molecular weight excluding hydrogens is 218 g/mol. The predicted octanol–water partition coefficient (Wildman–Crippen LogP) is 2.68. The standard InChI is InChI=1S/C12H17N3S/c1-10(9-15-7-4-6-13-15)14-11(2)12-5-3-8-16-12/h3-8,10-11,14H,9H2,1-2H3. The summed E-state index contributed by atoms with van der Waals surface area (Å²) in [6, 6.07) is 7.04. The van der Waals surface area contributed by atoms with E-state index in [4.69, 9.17) is 0 Å². The molecule has 3 nitrogen and oxygen atoms in total. The van der Waals surface area contributed by atoms with Crippen LogP contribution in [0.5, 0.6) is 0 Å². The Kier molecular flexibility index (Phi) is 3.74. The highest BCUT2D eigenvalue weighted by Gasteiger charge is 2.10. The van der Waals surface area contributed by atoms with Gasteiger partial charge in [0.1, 0.15) is 0 Å². The van der Waals surface area contributed by atoms with Crippen LogP contribution < -0.4 is 5.32 Å². The number of nitrogens with zero attached hydrogens (tertiary/aromatic N) is 2. The van der Waals surface area contributed by atoms with Crippen molar-refractivity contribution >= 4 is 11.3 Å². The quantitative estimate of drug-likeness (QED) is 0.863. The lowest BCUT2D eigenvalue weighted by molar-refractivity contribution is 0.415. The van der Waals surface area contributed by atoms with Gasteiger partial charge in [-0.05, 0) is 31.4 Å². The molecule has 0 aliphatic rings. The van der Waals surface area contributed by atoms with Gasteiger partial charge in [0, 0.05) is 29.4 Å². The van der Waals surface area contributed by atoms with Crippen molar-refractivity contribution in [2.45, 2.75) is 32.5 Å². The highest BCUT2D eigenvalue weighted by Crippen LogP contribution is 2.18. The zero-order valence-electron chi connectivity index (χ0n) is 9.63. The monoisotopic (exact) mass is 235 g/mol. The Morgan fingerprint density at radius 3 is 2.94 bits per heavy atom. The Morgan fingerprint density at radius 1 is 1.44 bits per heavy atom. The zero-order valence-corrected chi connectivity index (χ0v) is 10.4. The first-order chi connectivity index (χ1) is 7.75. The maximum atomic E-state index is 4.21. The van der Waals surface area contributed by atoms with Gasteiger partial charge in [0.25, 0.3) is 0 Å². The summed E-state index contributed by atoms with van der Waals surface area (Å²) in [6.07, 6.45) is 3.81. The van der Waals surface area contributed by atoms with Crippen LogP contribution in [0.15, 0.2) is 36.0 Å². The van der Waals surface area contributed by atoms with Gasteiger partial charge in [-0.15, -0.1) is 11.3 Å². The highest BCUT2D eigenvalue weighted by atomic mass is 32.1. The normalized spacial score (nSPS) is 14.9. The van der Waals surface area contributed by atoms with E-state index >= 15 is 0 Å². The van der Waals surface area contributed by atoms with E-state index in [-0.39, 0.29) is 0 Å². The minimum absolute atomic E-state index is 0.408. The molecule has 0 aliphatic heterocycles. The molecule has 0 saturated heterocycles. The maximum absolute atomic E-state index is 4.21. The van der Waals surface area contributed by atoms with Crippen LogP contribution in [-0.2, 0) is 6.54 Å². The zero-order chi connectivity index (χ0) is 11.4. The molecule has 0 spiro atoms. The lowest BCUT2D eigenvalue weighted by Gasteiger charge is -2.19. The van der Waals surface area contributed by atoms with Gasteiger partial charge in [-0.1, -0.05) is 6.07 Å². The molecule has 2 aromatic heterocycles. The van der Waals surface area contributed by atoms with Crippen LogP contribution in [0.25, 0.3) is 0 Å². The van der Waals surface area contributed by atoms with Crippen LogP contribution in [0, 0.1) is 0 Å². The number of hydrogen-bond donors (Lipinski definition) is 1. The van der Waals surface area contributed by atoms with Crippen LogP contribution in [-0.4, -0.2) is 15.8 Å². The van der Waals surface area contributed by atoms with Gasteiger partial charge < -0.3 is 5.32 Å². The fourth-order valence-electron chi connectivity index (χ4n) is 1.79. The Bertz CT molecular complexity index is 394. The molecule has 0 fully saturated rings. The molecule has 0 bridgehead atoms. The van der Waals surface area contributed by atoms with Crippen molar-refractivity contribution in [2.75, 3.05) is 0 Å². The molecule has 2 atom stereocenters. The summed E-state index contributed by atoms with van der Waals surface area (Å²) >= 11 is 1.80. The smallest absolute Gasteiger partial charge is 0.0560 e. The van der Waals surface area contributed by atoms with E-state index in [2.05, 4.69) is 41.8 Å². The second kappa shape index (κ2) is 5.27. The molecule has 2 heterocycles. The summed E-state index contributed by atoms with van der Waals surface area (Å²) in [6.45, 7) is 5.29. The van der Waals surface area contributed by atoms with Crippen LogP contribution in [0.4, 0.5) is 0 Å². The molecule has 0 aromatic carbocycles. The molecule has 2 rings (SSSR count). The van der Waals surface area contributed by atoms with Crippen LogP contribution >= 0.6 is 11.3 Å². The molecule has 86 valence electrons. The van der Waals surface area contributed by atoms with Crippen molar-refractivity contribution in [2.24, 2.45) is 0 Å². The number of nitrogens with one attached hydrogen (secondary N) is 1. The summed E-state index contributed by atoms with van der Waals surface area (Å²) in [7, 11) is 0. The number of aromatic nitrogens is 2. The fourth-order valence-corrected chi connectivity index (χ4v) is 2.53. The first kappa shape index (κ1) is 11.4. The van der Waals surface area contributed by atoms with Crippen LogP contribution in [0.3, 0.4) is 0 Å². The summed E-state index contributed by atoms with van der Waals surface area (Å²) in [5, 5.41) is 9.89. The van der Waals surface area contributed by atoms with Gasteiger partial charge in [-0.2, -0.15) is 5.10 Å². The fraction of sp³-hybridized carbons (Fsp3) is 0.417. The van der Waals surface area contributed by atoms with E-state index in [1.807, 2.05) is 23.1 Å². The number of rotatable bonds is 5. The third-order valence-electron chi connectivity index (χ3n) is 2.52. The number of thiophene rings is 1. The largest absolute Gasteiger partial charge is 0.305 e. The Balaban J connectivity index is 1.85. The average Bonchev–Trinajstić information content (AvgIpc) is 2.88. The Labute approximate surface area is 100 Å². The van der Waals surface area contributed by atoms with Crippen molar-refractivity contribution in [1.82, 2.24) is 15.1 Å². The first-order valence-corrected chi connectivity index (χ1v) is 6.40. The lowest BCUT2D eigenvalue weighted by atomic mass is 10.2. The Morgan fingerprint density at radius 2 is 2.31 bits per heavy atom. The topological polar surface area (TPSA) is 29.9 Å². The SMILES string of the molecule is CC(Cn1cccn1)NC(C)c1cccs1. The second-order valence-corrected chi connectivity index (χ2v) is 5.01. The van der Waals surface area contributed by atoms with Gasteiger partial charge in [-0.25, -0.2) is 0 Å². The third-order valence-corrected chi connectivity index (χ3v) is 3.58. The molecule has 2 unspecified atom stereocenters. The summed E-state index contributed by atoms with van der Waals surface area (Å²) in [5.41, 5.74) is 0. The van der Waals surface area contributed by atoms with Crippen molar-refractivity contribution in [3.63, 3.8) is 0 Å². The summed E-state index contributed by atoms with van der Waals surface area (Å²) in [5.74, 6) is 0. The van der Waals surface area contributed by atoms with E-state index in [0.717, 1.165) is 6.54 Å². The van der Waals surface area contributed by atoms with Gasteiger partial charge in [-0.3, -0.25) is 4.68 Å². The predicted molar refractivity (Wildman–Crippen MR) is 67.6 cm³/mol. The first-order valence-electron chi connectivity index (χ1n) is 5.52. The Hall–Kier alpha value is -1.13. The van der Waals surface area contributed by atoms with E-state index in [1.54, 1.807) is 11.3 Å². The van der Waals surface area contributed by atoms with E-state index < -0.39 is 0 Å².